The summed E-state index contributed by atoms with van der Waals surface area (Å²) < 4.78 is 54.7. The van der Waals surface area contributed by atoms with Gasteiger partial charge in [-0.1, -0.05) is 18.2 Å². The molecule has 1 saturated heterocycles. The Hall–Kier alpha value is -3.95. The van der Waals surface area contributed by atoms with Crippen LogP contribution in [0.5, 0.6) is 0 Å². The Bertz CT molecular complexity index is 1350. The molecular weight excluding hydrogens is 438 g/mol. The number of fused-ring (bicyclic) bond motifs is 1. The van der Waals surface area contributed by atoms with Crippen LogP contribution in [0.3, 0.4) is 0 Å². The highest BCUT2D eigenvalue weighted by atomic mass is 19.4. The Morgan fingerprint density at radius 3 is 2.55 bits per heavy atom. The van der Waals surface area contributed by atoms with Crippen molar-refractivity contribution in [2.45, 2.75) is 12.7 Å². The molecule has 1 fully saturated rings. The number of aromatic nitrogens is 3. The van der Waals surface area contributed by atoms with Gasteiger partial charge < -0.3 is 4.90 Å². The summed E-state index contributed by atoms with van der Waals surface area (Å²) in [5.74, 6) is -0.426. The minimum absolute atomic E-state index is 0.0380. The van der Waals surface area contributed by atoms with Gasteiger partial charge in [0.25, 0.3) is 0 Å². The number of para-hydroxylation sites is 1. The van der Waals surface area contributed by atoms with Gasteiger partial charge >= 0.3 is 12.2 Å². The maximum absolute atomic E-state index is 14.3. The number of alkyl halides is 3. The predicted octanol–water partition coefficient (Wildman–Crippen LogP) is 5.02. The van der Waals surface area contributed by atoms with Gasteiger partial charge in [0.1, 0.15) is 11.5 Å². The van der Waals surface area contributed by atoms with Crippen molar-refractivity contribution in [2.24, 2.45) is 0 Å². The molecule has 5 rings (SSSR count). The van der Waals surface area contributed by atoms with Gasteiger partial charge in [-0.05, 0) is 36.4 Å². The van der Waals surface area contributed by atoms with Crippen molar-refractivity contribution < 1.29 is 22.4 Å². The molecule has 33 heavy (non-hydrogen) atoms. The number of benzene rings is 2. The van der Waals surface area contributed by atoms with Crippen LogP contribution in [0.15, 0.2) is 67.0 Å². The monoisotopic (exact) mass is 455 g/mol. The summed E-state index contributed by atoms with van der Waals surface area (Å²) in [5.41, 5.74) is 0.865. The standard InChI is InChI=1S/C23H17F4N5O/c24-18-4-1-2-5-21(18)32-20-7-3-6-19(17(20)13-29-32)31-11-10-30(22(31)33)14-16-12-15(8-9-28-16)23(25,26)27/h1-9,12-13H,10-11,14H2. The molecule has 4 aromatic rings. The smallest absolute Gasteiger partial charge is 0.317 e. The molecule has 0 spiro atoms. The number of rotatable bonds is 4. The van der Waals surface area contributed by atoms with E-state index in [2.05, 4.69) is 10.1 Å². The van der Waals surface area contributed by atoms with Crippen LogP contribution in [0.4, 0.5) is 28.0 Å². The van der Waals surface area contributed by atoms with Crippen molar-refractivity contribution in [3.8, 4) is 5.69 Å². The van der Waals surface area contributed by atoms with Crippen LogP contribution in [0.1, 0.15) is 11.3 Å². The lowest BCUT2D eigenvalue weighted by atomic mass is 10.2. The minimum atomic E-state index is -4.48. The lowest BCUT2D eigenvalue weighted by molar-refractivity contribution is -0.137. The van der Waals surface area contributed by atoms with E-state index < -0.39 is 17.6 Å². The number of pyridine rings is 1. The Balaban J connectivity index is 1.43. The van der Waals surface area contributed by atoms with Gasteiger partial charge in [-0.2, -0.15) is 18.3 Å². The zero-order chi connectivity index (χ0) is 23.2. The largest absolute Gasteiger partial charge is 0.416 e. The fourth-order valence-electron chi connectivity index (χ4n) is 3.98. The first kappa shape index (κ1) is 20.9. The van der Waals surface area contributed by atoms with Crippen LogP contribution in [0.2, 0.25) is 0 Å². The molecule has 0 aliphatic carbocycles. The fraction of sp³-hybridized carbons (Fsp3) is 0.174. The Morgan fingerprint density at radius 1 is 0.970 bits per heavy atom. The molecule has 10 heteroatoms. The molecule has 0 unspecified atom stereocenters. The number of anilines is 1. The van der Waals surface area contributed by atoms with Gasteiger partial charge in [0.15, 0.2) is 0 Å². The van der Waals surface area contributed by atoms with Gasteiger partial charge in [0, 0.05) is 24.7 Å². The summed E-state index contributed by atoms with van der Waals surface area (Å²) >= 11 is 0. The quantitative estimate of drug-likeness (QED) is 0.406. The molecule has 0 atom stereocenters. The number of carbonyl (C=O) groups excluding carboxylic acids is 1. The Morgan fingerprint density at radius 2 is 1.76 bits per heavy atom. The van der Waals surface area contributed by atoms with Crippen LogP contribution in [0, 0.1) is 5.82 Å². The first-order valence-electron chi connectivity index (χ1n) is 10.1. The molecule has 2 amide bonds. The lowest BCUT2D eigenvalue weighted by Crippen LogP contribution is -2.31. The van der Waals surface area contributed by atoms with Crippen molar-refractivity contribution in [2.75, 3.05) is 18.0 Å². The van der Waals surface area contributed by atoms with Crippen LogP contribution < -0.4 is 4.90 Å². The van der Waals surface area contributed by atoms with Crippen molar-refractivity contribution in [1.29, 1.82) is 0 Å². The summed E-state index contributed by atoms with van der Waals surface area (Å²) in [6.45, 7) is 0.639. The lowest BCUT2D eigenvalue weighted by Gasteiger charge is -2.19. The maximum atomic E-state index is 14.3. The average molecular weight is 455 g/mol. The number of nitrogens with zero attached hydrogens (tertiary/aromatic N) is 5. The highest BCUT2D eigenvalue weighted by molar-refractivity contribution is 6.03. The molecule has 6 nitrogen and oxygen atoms in total. The highest BCUT2D eigenvalue weighted by Crippen LogP contribution is 2.32. The molecule has 3 heterocycles. The second-order valence-electron chi connectivity index (χ2n) is 7.61. The number of carbonyl (C=O) groups is 1. The molecule has 2 aromatic carbocycles. The molecule has 0 N–H and O–H groups in total. The van der Waals surface area contributed by atoms with Crippen LogP contribution in [-0.2, 0) is 12.7 Å². The molecule has 2 aromatic heterocycles. The molecule has 168 valence electrons. The second kappa shape index (κ2) is 7.88. The molecule has 0 bridgehead atoms. The topological polar surface area (TPSA) is 54.3 Å². The Labute approximate surface area is 185 Å². The third kappa shape index (κ3) is 3.77. The summed E-state index contributed by atoms with van der Waals surface area (Å²) in [7, 11) is 0. The summed E-state index contributed by atoms with van der Waals surface area (Å²) in [6, 6.07) is 13.1. The number of amides is 2. The predicted molar refractivity (Wildman–Crippen MR) is 113 cm³/mol. The maximum Gasteiger partial charge on any atom is 0.416 e. The summed E-state index contributed by atoms with van der Waals surface area (Å²) in [5, 5.41) is 4.97. The van der Waals surface area contributed by atoms with E-state index in [1.807, 2.05) is 0 Å². The Kier molecular flexibility index (Phi) is 4.99. The minimum Gasteiger partial charge on any atom is -0.317 e. The average Bonchev–Trinajstić information content (AvgIpc) is 3.38. The van der Waals surface area contributed by atoms with Gasteiger partial charge in [0.2, 0.25) is 0 Å². The number of halogens is 4. The third-order valence-corrected chi connectivity index (χ3v) is 5.55. The van der Waals surface area contributed by atoms with Crippen LogP contribution in [-0.4, -0.2) is 38.8 Å². The van der Waals surface area contributed by atoms with Crippen molar-refractivity contribution in [3.05, 3.63) is 84.1 Å². The van der Waals surface area contributed by atoms with Crippen molar-refractivity contribution in [1.82, 2.24) is 19.7 Å². The fourth-order valence-corrected chi connectivity index (χ4v) is 3.98. The van der Waals surface area contributed by atoms with Crippen LogP contribution in [0.25, 0.3) is 16.6 Å². The van der Waals surface area contributed by atoms with Gasteiger partial charge in [-0.3, -0.25) is 9.88 Å². The van der Waals surface area contributed by atoms with E-state index in [1.165, 1.54) is 15.6 Å². The van der Waals surface area contributed by atoms with Crippen molar-refractivity contribution >= 4 is 22.6 Å². The molecule has 0 radical (unpaired) electrons. The first-order chi connectivity index (χ1) is 15.8. The van der Waals surface area contributed by atoms with E-state index in [0.717, 1.165) is 18.3 Å². The second-order valence-corrected chi connectivity index (χ2v) is 7.61. The zero-order valence-corrected chi connectivity index (χ0v) is 17.1. The zero-order valence-electron chi connectivity index (χ0n) is 17.1. The summed E-state index contributed by atoms with van der Waals surface area (Å²) in [4.78, 5) is 20.1. The SMILES string of the molecule is O=C1N(Cc2cc(C(F)(F)F)ccn2)CCN1c1cccc2c1cnn2-c1ccccc1F. The third-order valence-electron chi connectivity index (χ3n) is 5.55. The van der Waals surface area contributed by atoms with E-state index in [1.54, 1.807) is 47.5 Å². The molecule has 1 aliphatic heterocycles. The number of hydrogen-bond acceptors (Lipinski definition) is 3. The van der Waals surface area contributed by atoms with Gasteiger partial charge in [-0.25, -0.2) is 13.9 Å². The summed E-state index contributed by atoms with van der Waals surface area (Å²) in [6.07, 6.45) is -1.82. The molecule has 1 aliphatic rings. The molecular formula is C23H17F4N5O. The number of hydrogen-bond donors (Lipinski definition) is 0. The van der Waals surface area contributed by atoms with Gasteiger partial charge in [-0.15, -0.1) is 0 Å². The number of urea groups is 1. The van der Waals surface area contributed by atoms with E-state index >= 15 is 0 Å². The molecule has 0 saturated carbocycles. The van der Waals surface area contributed by atoms with E-state index in [0.29, 0.717) is 29.7 Å². The first-order valence-corrected chi connectivity index (χ1v) is 10.1. The van der Waals surface area contributed by atoms with Crippen molar-refractivity contribution in [3.63, 3.8) is 0 Å². The van der Waals surface area contributed by atoms with Gasteiger partial charge in [0.05, 0.1) is 35.2 Å². The van der Waals surface area contributed by atoms with E-state index in [-0.39, 0.29) is 24.0 Å². The highest BCUT2D eigenvalue weighted by Gasteiger charge is 2.33. The van der Waals surface area contributed by atoms with Crippen LogP contribution >= 0.6 is 0 Å². The van der Waals surface area contributed by atoms with E-state index in [9.17, 15) is 22.4 Å². The van der Waals surface area contributed by atoms with E-state index in [4.69, 9.17) is 0 Å². The normalized spacial score (nSPS) is 14.5.